The lowest BCUT2D eigenvalue weighted by Gasteiger charge is -2.29. The number of hydrogen-bond acceptors (Lipinski definition) is 5. The van der Waals surface area contributed by atoms with Crippen LogP contribution in [0.3, 0.4) is 0 Å². The zero-order valence-electron chi connectivity index (χ0n) is 25.5. The molecule has 0 spiro atoms. The zero-order valence-corrected chi connectivity index (χ0v) is 25.5. The second kappa shape index (κ2) is 18.8. The fraction of sp³-hybridized carbons (Fsp3) is 0.800. The van der Waals surface area contributed by atoms with Crippen LogP contribution in [0.2, 0.25) is 0 Å². The number of carbonyl (C=O) groups excluding carboxylic acids is 4. The molecule has 0 bridgehead atoms. The maximum absolute atomic E-state index is 13.5. The molecule has 9 heteroatoms. The second-order valence-electron chi connectivity index (χ2n) is 11.6. The van der Waals surface area contributed by atoms with E-state index in [1.807, 2.05) is 19.9 Å². The smallest absolute Gasteiger partial charge is 0.268 e. The number of nitrogens with zero attached hydrogens (tertiary/aromatic N) is 2. The Labute approximate surface area is 236 Å². The van der Waals surface area contributed by atoms with Crippen LogP contribution in [0.15, 0.2) is 12.2 Å². The van der Waals surface area contributed by atoms with Crippen molar-refractivity contribution in [1.29, 1.82) is 0 Å². The maximum Gasteiger partial charge on any atom is 0.268 e. The Morgan fingerprint density at radius 1 is 1.05 bits per heavy atom. The van der Waals surface area contributed by atoms with Crippen LogP contribution in [0.4, 0.5) is 0 Å². The molecule has 39 heavy (non-hydrogen) atoms. The molecular weight excluding hydrogens is 496 g/mol. The summed E-state index contributed by atoms with van der Waals surface area (Å²) in [5, 5.41) is 6.89. The first-order valence-electron chi connectivity index (χ1n) is 14.8. The van der Waals surface area contributed by atoms with Gasteiger partial charge in [-0.3, -0.25) is 24.0 Å². The molecule has 4 amide bonds. The van der Waals surface area contributed by atoms with Crippen LogP contribution in [-0.2, 0) is 24.0 Å². The average Bonchev–Trinajstić information content (AvgIpc) is 2.88. The Balaban J connectivity index is 3.29. The van der Waals surface area contributed by atoms with Crippen molar-refractivity contribution in [2.45, 2.75) is 110 Å². The van der Waals surface area contributed by atoms with Gasteiger partial charge in [-0.05, 0) is 56.8 Å². The number of hydroxylamine groups is 2. The summed E-state index contributed by atoms with van der Waals surface area (Å²) in [6.45, 7) is 6.18. The zero-order chi connectivity index (χ0) is 29.4. The van der Waals surface area contributed by atoms with Crippen molar-refractivity contribution in [3.8, 4) is 0 Å². The fourth-order valence-electron chi connectivity index (χ4n) is 5.08. The summed E-state index contributed by atoms with van der Waals surface area (Å²) in [4.78, 5) is 59.5. The SMILES string of the molecule is CCCCCCC1CCC/C=C\CC(C(=O)N(C)C)C[C@@H](C(=O)N(C)OC)NC(=O)[C@H](CC(C)C)NC(=O)C1. The van der Waals surface area contributed by atoms with Crippen molar-refractivity contribution < 1.29 is 24.0 Å². The molecular formula is C30H54N4O5. The molecule has 1 heterocycles. The Morgan fingerprint density at radius 3 is 2.38 bits per heavy atom. The summed E-state index contributed by atoms with van der Waals surface area (Å²) in [6.07, 6.45) is 14.0. The van der Waals surface area contributed by atoms with Gasteiger partial charge in [-0.25, -0.2) is 5.06 Å². The van der Waals surface area contributed by atoms with E-state index in [0.717, 1.165) is 37.2 Å². The summed E-state index contributed by atoms with van der Waals surface area (Å²) in [5.41, 5.74) is 0. The number of rotatable bonds is 10. The van der Waals surface area contributed by atoms with E-state index in [1.165, 1.54) is 38.3 Å². The first-order chi connectivity index (χ1) is 18.5. The van der Waals surface area contributed by atoms with Gasteiger partial charge in [0.1, 0.15) is 12.1 Å². The number of amides is 4. The van der Waals surface area contributed by atoms with E-state index in [9.17, 15) is 19.2 Å². The van der Waals surface area contributed by atoms with Crippen molar-refractivity contribution in [2.24, 2.45) is 17.8 Å². The Morgan fingerprint density at radius 2 is 1.77 bits per heavy atom. The summed E-state index contributed by atoms with van der Waals surface area (Å²) in [6, 6.07) is -1.74. The highest BCUT2D eigenvalue weighted by Gasteiger charge is 2.33. The monoisotopic (exact) mass is 550 g/mol. The molecule has 1 aliphatic rings. The predicted octanol–water partition coefficient (Wildman–Crippen LogP) is 4.22. The highest BCUT2D eigenvalue weighted by molar-refractivity contribution is 5.92. The number of hydrogen-bond donors (Lipinski definition) is 2. The topological polar surface area (TPSA) is 108 Å². The lowest BCUT2D eigenvalue weighted by Crippen LogP contribution is -2.55. The van der Waals surface area contributed by atoms with Crippen molar-refractivity contribution in [3.63, 3.8) is 0 Å². The number of likely N-dealkylation sites (N-methyl/N-ethyl adjacent to an activating group) is 1. The molecule has 0 aliphatic carbocycles. The van der Waals surface area contributed by atoms with Gasteiger partial charge in [0.25, 0.3) is 5.91 Å². The standard InChI is InChI=1S/C30H54N4O5/c1-8-9-10-13-16-23-17-14-11-12-15-18-24(29(37)33(4)5)21-26(30(38)34(6)39-7)32-28(36)25(19-22(2)3)31-27(35)20-23/h12,15,22-26H,8-11,13-14,16-21H2,1-7H3,(H,31,35)(H,32,36)/b15-12-/t23?,24?,25-,26-/m0/s1. The molecule has 1 rings (SSSR count). The van der Waals surface area contributed by atoms with Gasteiger partial charge in [0.05, 0.1) is 7.11 Å². The minimum absolute atomic E-state index is 0.105. The third kappa shape index (κ3) is 13.5. The molecule has 224 valence electrons. The first-order valence-corrected chi connectivity index (χ1v) is 14.8. The highest BCUT2D eigenvalue weighted by Crippen LogP contribution is 2.23. The predicted molar refractivity (Wildman–Crippen MR) is 154 cm³/mol. The van der Waals surface area contributed by atoms with Crippen LogP contribution in [0.5, 0.6) is 0 Å². The molecule has 9 nitrogen and oxygen atoms in total. The van der Waals surface area contributed by atoms with E-state index in [0.29, 0.717) is 19.3 Å². The maximum atomic E-state index is 13.5. The average molecular weight is 551 g/mol. The first kappa shape index (κ1) is 34.6. The Kier molecular flexibility index (Phi) is 16.7. The molecule has 0 aromatic heterocycles. The van der Waals surface area contributed by atoms with E-state index in [-0.39, 0.29) is 30.1 Å². The molecule has 0 aromatic carbocycles. The molecule has 2 unspecified atom stereocenters. The van der Waals surface area contributed by atoms with Gasteiger partial charge in [0.15, 0.2) is 0 Å². The molecule has 0 fully saturated rings. The summed E-state index contributed by atoms with van der Waals surface area (Å²) < 4.78 is 0. The number of allylic oxidation sites excluding steroid dienone is 2. The minimum atomic E-state index is -0.976. The second-order valence-corrected chi connectivity index (χ2v) is 11.6. The van der Waals surface area contributed by atoms with E-state index < -0.39 is 29.8 Å². The Bertz CT molecular complexity index is 798. The van der Waals surface area contributed by atoms with Gasteiger partial charge in [0, 0.05) is 33.5 Å². The minimum Gasteiger partial charge on any atom is -0.349 e. The lowest BCUT2D eigenvalue weighted by atomic mass is 9.90. The van der Waals surface area contributed by atoms with E-state index in [1.54, 1.807) is 14.1 Å². The van der Waals surface area contributed by atoms with Crippen molar-refractivity contribution in [3.05, 3.63) is 12.2 Å². The van der Waals surface area contributed by atoms with E-state index in [4.69, 9.17) is 4.84 Å². The van der Waals surface area contributed by atoms with Crippen LogP contribution in [-0.4, -0.2) is 73.9 Å². The third-order valence-corrected chi connectivity index (χ3v) is 7.38. The lowest BCUT2D eigenvalue weighted by molar-refractivity contribution is -0.172. The quantitative estimate of drug-likeness (QED) is 0.241. The van der Waals surface area contributed by atoms with Crippen LogP contribution < -0.4 is 10.6 Å². The molecule has 2 N–H and O–H groups in total. The summed E-state index contributed by atoms with van der Waals surface area (Å²) in [7, 11) is 6.23. The highest BCUT2D eigenvalue weighted by atomic mass is 16.7. The van der Waals surface area contributed by atoms with Gasteiger partial charge in [-0.2, -0.15) is 0 Å². The number of nitrogens with one attached hydrogen (secondary N) is 2. The van der Waals surface area contributed by atoms with Gasteiger partial charge in [-0.1, -0.05) is 58.6 Å². The van der Waals surface area contributed by atoms with E-state index >= 15 is 0 Å². The van der Waals surface area contributed by atoms with Crippen molar-refractivity contribution in [1.82, 2.24) is 20.6 Å². The Hall–Kier alpha value is -2.42. The third-order valence-electron chi connectivity index (χ3n) is 7.38. The van der Waals surface area contributed by atoms with Gasteiger partial charge in [-0.15, -0.1) is 0 Å². The number of unbranched alkanes of at least 4 members (excludes halogenated alkanes) is 3. The van der Waals surface area contributed by atoms with Gasteiger partial charge < -0.3 is 15.5 Å². The molecule has 0 radical (unpaired) electrons. The number of carbonyl (C=O) groups is 4. The van der Waals surface area contributed by atoms with Crippen LogP contribution in [0.25, 0.3) is 0 Å². The van der Waals surface area contributed by atoms with Crippen LogP contribution in [0, 0.1) is 17.8 Å². The summed E-state index contributed by atoms with van der Waals surface area (Å²) in [5.74, 6) is -1.18. The molecule has 1 aliphatic heterocycles. The summed E-state index contributed by atoms with van der Waals surface area (Å²) >= 11 is 0. The molecule has 0 aromatic rings. The normalized spacial score (nSPS) is 24.5. The van der Waals surface area contributed by atoms with Crippen molar-refractivity contribution in [2.75, 3.05) is 28.3 Å². The molecule has 4 atom stereocenters. The van der Waals surface area contributed by atoms with Gasteiger partial charge in [0.2, 0.25) is 17.7 Å². The molecule has 0 saturated heterocycles. The van der Waals surface area contributed by atoms with Gasteiger partial charge >= 0.3 is 0 Å². The van der Waals surface area contributed by atoms with Crippen LogP contribution in [0.1, 0.15) is 97.8 Å². The van der Waals surface area contributed by atoms with E-state index in [2.05, 4.69) is 23.6 Å². The van der Waals surface area contributed by atoms with Crippen LogP contribution >= 0.6 is 0 Å². The largest absolute Gasteiger partial charge is 0.349 e. The fourth-order valence-corrected chi connectivity index (χ4v) is 5.08. The molecule has 0 saturated carbocycles. The van der Waals surface area contributed by atoms with Crippen molar-refractivity contribution >= 4 is 23.6 Å².